The van der Waals surface area contributed by atoms with Crippen LogP contribution in [0.15, 0.2) is 52.5 Å². The second kappa shape index (κ2) is 8.99. The third kappa shape index (κ3) is 4.02. The number of amides is 1. The second-order valence-electron chi connectivity index (χ2n) is 7.67. The van der Waals surface area contributed by atoms with Crippen LogP contribution in [0.5, 0.6) is 5.75 Å². The third-order valence-electron chi connectivity index (χ3n) is 5.48. The van der Waals surface area contributed by atoms with Crippen molar-refractivity contribution in [3.8, 4) is 11.8 Å². The lowest BCUT2D eigenvalue weighted by Gasteiger charge is -2.25. The van der Waals surface area contributed by atoms with Gasteiger partial charge in [-0.3, -0.25) is 18.8 Å². The van der Waals surface area contributed by atoms with Gasteiger partial charge in [-0.05, 0) is 17.2 Å². The molecule has 34 heavy (non-hydrogen) atoms. The molecular formula is C22H20N8O4. The number of pyridine rings is 1. The smallest absolute Gasteiger partial charge is 0.296 e. The van der Waals surface area contributed by atoms with Crippen LogP contribution in [0.4, 0.5) is 5.69 Å². The average molecular weight is 460 g/mol. The summed E-state index contributed by atoms with van der Waals surface area (Å²) >= 11 is 0. The molecule has 0 saturated heterocycles. The molecule has 12 heteroatoms. The Morgan fingerprint density at radius 2 is 2.12 bits per heavy atom. The number of aryl methyl sites for hydroxylation is 1. The number of nitrogens with one attached hydrogen (secondary N) is 1. The van der Waals surface area contributed by atoms with Crippen LogP contribution in [0.3, 0.4) is 0 Å². The fraction of sp³-hybridized carbons (Fsp3) is 0.227. The molecule has 0 bridgehead atoms. The highest BCUT2D eigenvalue weighted by molar-refractivity contribution is 6.04. The fourth-order valence-electron chi connectivity index (χ4n) is 3.88. The summed E-state index contributed by atoms with van der Waals surface area (Å²) in [4.78, 5) is 34.1. The SMILES string of the molecule is C[C@H](c1nc(C(=O)Nc2cnoc2)c(O)c(=O)n1C)[C@@H](c1cnn(C)c1)c1cccnc1C#N. The van der Waals surface area contributed by atoms with Crippen LogP contribution in [0.1, 0.15) is 51.9 Å². The standard InChI is InChI=1S/C22H20N8O4/c1-12(17(13-8-25-29(2)10-13)15-5-4-6-24-16(15)7-23)20-28-18(19(31)22(33)30(20)3)21(32)27-14-9-26-34-11-14/h4-6,8-12,17,31H,1-3H3,(H,27,32)/t12-,17-/m0/s1. The summed E-state index contributed by atoms with van der Waals surface area (Å²) in [6, 6.07) is 5.59. The zero-order valence-electron chi connectivity index (χ0n) is 18.5. The highest BCUT2D eigenvalue weighted by Crippen LogP contribution is 2.38. The van der Waals surface area contributed by atoms with E-state index < -0.39 is 34.7 Å². The quantitative estimate of drug-likeness (QED) is 0.435. The van der Waals surface area contributed by atoms with E-state index in [2.05, 4.69) is 36.1 Å². The van der Waals surface area contributed by atoms with Crippen molar-refractivity contribution >= 4 is 11.6 Å². The summed E-state index contributed by atoms with van der Waals surface area (Å²) in [7, 11) is 3.22. The van der Waals surface area contributed by atoms with Crippen LogP contribution in [-0.2, 0) is 14.1 Å². The molecule has 0 fully saturated rings. The van der Waals surface area contributed by atoms with Crippen molar-refractivity contribution in [2.24, 2.45) is 14.1 Å². The molecule has 0 aromatic carbocycles. The normalized spacial score (nSPS) is 12.6. The maximum Gasteiger partial charge on any atom is 0.296 e. The molecule has 0 saturated carbocycles. The molecule has 0 unspecified atom stereocenters. The van der Waals surface area contributed by atoms with E-state index in [4.69, 9.17) is 0 Å². The van der Waals surface area contributed by atoms with Crippen LogP contribution >= 0.6 is 0 Å². The number of carbonyl (C=O) groups excluding carboxylic acids is 1. The number of aromatic nitrogens is 6. The summed E-state index contributed by atoms with van der Waals surface area (Å²) < 4.78 is 7.49. The maximum atomic E-state index is 12.8. The van der Waals surface area contributed by atoms with Gasteiger partial charge in [0.05, 0.1) is 12.4 Å². The molecule has 2 atom stereocenters. The van der Waals surface area contributed by atoms with Crippen molar-refractivity contribution < 1.29 is 14.4 Å². The molecule has 0 aliphatic heterocycles. The molecule has 2 N–H and O–H groups in total. The van der Waals surface area contributed by atoms with Gasteiger partial charge in [0.1, 0.15) is 29.5 Å². The molecular weight excluding hydrogens is 440 g/mol. The van der Waals surface area contributed by atoms with E-state index in [1.54, 1.807) is 36.3 Å². The summed E-state index contributed by atoms with van der Waals surface area (Å²) in [6.45, 7) is 1.81. The lowest BCUT2D eigenvalue weighted by atomic mass is 9.81. The molecule has 0 aliphatic rings. The molecule has 4 heterocycles. The van der Waals surface area contributed by atoms with Crippen LogP contribution in [0.25, 0.3) is 0 Å². The zero-order valence-corrected chi connectivity index (χ0v) is 18.5. The molecule has 0 aliphatic carbocycles. The Balaban J connectivity index is 1.85. The molecule has 4 aromatic heterocycles. The van der Waals surface area contributed by atoms with E-state index in [0.717, 1.165) is 5.56 Å². The van der Waals surface area contributed by atoms with Crippen molar-refractivity contribution in [3.05, 3.63) is 81.9 Å². The van der Waals surface area contributed by atoms with Crippen LogP contribution in [0, 0.1) is 11.3 Å². The Hall–Kier alpha value is -4.79. The minimum absolute atomic E-state index is 0.220. The first-order valence-corrected chi connectivity index (χ1v) is 10.2. The minimum atomic E-state index is -0.802. The molecule has 4 aromatic rings. The van der Waals surface area contributed by atoms with Crippen molar-refractivity contribution in [2.45, 2.75) is 18.8 Å². The topological polar surface area (TPSA) is 165 Å². The third-order valence-corrected chi connectivity index (χ3v) is 5.48. The predicted octanol–water partition coefficient (Wildman–Crippen LogP) is 1.66. The van der Waals surface area contributed by atoms with Gasteiger partial charge in [-0.15, -0.1) is 0 Å². The number of anilines is 1. The molecule has 12 nitrogen and oxygen atoms in total. The maximum absolute atomic E-state index is 12.8. The number of hydrogen-bond acceptors (Lipinski definition) is 9. The lowest BCUT2D eigenvalue weighted by molar-refractivity contribution is 0.101. The average Bonchev–Trinajstić information content (AvgIpc) is 3.50. The Bertz CT molecular complexity index is 1450. The fourth-order valence-corrected chi connectivity index (χ4v) is 3.88. The Morgan fingerprint density at radius 1 is 1.32 bits per heavy atom. The molecule has 0 spiro atoms. The van der Waals surface area contributed by atoms with Gasteiger partial charge in [0.15, 0.2) is 5.69 Å². The number of nitriles is 1. The number of hydrogen-bond donors (Lipinski definition) is 2. The van der Waals surface area contributed by atoms with Gasteiger partial charge >= 0.3 is 0 Å². The Kier molecular flexibility index (Phi) is 5.92. The van der Waals surface area contributed by atoms with Gasteiger partial charge in [-0.1, -0.05) is 18.1 Å². The van der Waals surface area contributed by atoms with Crippen molar-refractivity contribution in [1.29, 1.82) is 5.26 Å². The highest BCUT2D eigenvalue weighted by Gasteiger charge is 2.31. The van der Waals surface area contributed by atoms with E-state index in [1.807, 2.05) is 6.92 Å². The largest absolute Gasteiger partial charge is 0.501 e. The lowest BCUT2D eigenvalue weighted by Crippen LogP contribution is -2.29. The minimum Gasteiger partial charge on any atom is -0.501 e. The van der Waals surface area contributed by atoms with Gasteiger partial charge in [0, 0.05) is 38.3 Å². The molecule has 4 rings (SSSR count). The number of carbonyl (C=O) groups is 1. The number of rotatable bonds is 6. The van der Waals surface area contributed by atoms with Crippen molar-refractivity contribution in [3.63, 3.8) is 0 Å². The van der Waals surface area contributed by atoms with E-state index in [9.17, 15) is 20.0 Å². The van der Waals surface area contributed by atoms with E-state index in [-0.39, 0.29) is 17.2 Å². The first-order chi connectivity index (χ1) is 16.3. The highest BCUT2D eigenvalue weighted by atomic mass is 16.5. The summed E-state index contributed by atoms with van der Waals surface area (Å²) in [5, 5.41) is 30.2. The van der Waals surface area contributed by atoms with E-state index >= 15 is 0 Å². The number of aromatic hydroxyl groups is 1. The van der Waals surface area contributed by atoms with E-state index in [0.29, 0.717) is 5.56 Å². The van der Waals surface area contributed by atoms with Crippen LogP contribution < -0.4 is 10.9 Å². The zero-order chi connectivity index (χ0) is 24.4. The first-order valence-electron chi connectivity index (χ1n) is 10.2. The van der Waals surface area contributed by atoms with Crippen LogP contribution in [0.2, 0.25) is 0 Å². The van der Waals surface area contributed by atoms with Crippen molar-refractivity contribution in [2.75, 3.05) is 5.32 Å². The van der Waals surface area contributed by atoms with Crippen LogP contribution in [-0.4, -0.2) is 40.5 Å². The number of nitrogens with zero attached hydrogens (tertiary/aromatic N) is 7. The summed E-state index contributed by atoms with van der Waals surface area (Å²) in [6.07, 6.45) is 7.45. The predicted molar refractivity (Wildman–Crippen MR) is 118 cm³/mol. The Labute approximate surface area is 193 Å². The monoisotopic (exact) mass is 460 g/mol. The van der Waals surface area contributed by atoms with Crippen molar-refractivity contribution in [1.82, 2.24) is 29.5 Å². The summed E-state index contributed by atoms with van der Waals surface area (Å²) in [5.74, 6) is -2.37. The summed E-state index contributed by atoms with van der Waals surface area (Å²) in [5.41, 5.74) is 0.605. The Morgan fingerprint density at radius 3 is 2.76 bits per heavy atom. The molecule has 0 radical (unpaired) electrons. The van der Waals surface area contributed by atoms with Gasteiger partial charge in [-0.25, -0.2) is 9.97 Å². The van der Waals surface area contributed by atoms with Gasteiger partial charge in [-0.2, -0.15) is 10.4 Å². The van der Waals surface area contributed by atoms with Gasteiger partial charge < -0.3 is 14.9 Å². The van der Waals surface area contributed by atoms with Gasteiger partial charge in [0.25, 0.3) is 11.5 Å². The van der Waals surface area contributed by atoms with Gasteiger partial charge in [0.2, 0.25) is 5.75 Å². The molecule has 172 valence electrons. The van der Waals surface area contributed by atoms with E-state index in [1.165, 1.54) is 30.3 Å². The molecule has 1 amide bonds. The first kappa shape index (κ1) is 22.4. The second-order valence-corrected chi connectivity index (χ2v) is 7.67.